The summed E-state index contributed by atoms with van der Waals surface area (Å²) in [7, 11) is -23.3. The molecule has 0 amide bonds. The Hall–Kier alpha value is -0.720. The molecule has 0 atom stereocenters. The summed E-state index contributed by atoms with van der Waals surface area (Å²) in [4.78, 5) is -4.63. The Morgan fingerprint density at radius 3 is 0.516 bits per heavy atom. The molecular weight excluding hydrogens is 973 g/mol. The van der Waals surface area contributed by atoms with Crippen LogP contribution in [-0.2, 0) is 40.5 Å². The summed E-state index contributed by atoms with van der Waals surface area (Å²) < 4.78 is 141. The zero-order chi connectivity index (χ0) is 50.5. The van der Waals surface area contributed by atoms with Crippen LogP contribution in [0.4, 0.5) is 0 Å². The Bertz CT molecular complexity index is 2170. The van der Waals surface area contributed by atoms with Crippen LogP contribution in [0.3, 0.4) is 0 Å². The minimum Gasteiger partial charge on any atom is -0.744 e. The first-order valence-electron chi connectivity index (χ1n) is 22.1. The summed E-state index contributed by atoms with van der Waals surface area (Å²) >= 11 is 0. The third kappa shape index (κ3) is 17.4. The summed E-state index contributed by atoms with van der Waals surface area (Å²) in [5.41, 5.74) is 0. The molecule has 370 valence electrons. The Balaban J connectivity index is 0.00000100. The van der Waals surface area contributed by atoms with Crippen LogP contribution in [0.1, 0.15) is 83.1 Å². The number of hydrogen-bond donors (Lipinski definition) is 0. The lowest BCUT2D eigenvalue weighted by molar-refractivity contribution is 0.458. The van der Waals surface area contributed by atoms with E-state index in [0.717, 1.165) is 24.3 Å². The molecule has 0 saturated carbocycles. The zero-order valence-electron chi connectivity index (χ0n) is 41.3. The predicted molar refractivity (Wildman–Crippen MR) is 280 cm³/mol. The van der Waals surface area contributed by atoms with Gasteiger partial charge in [-0.3, -0.25) is 0 Å². The maximum Gasteiger partial charge on any atom is 0.125 e. The number of hydrogen-bond acceptors (Lipinski definition) is 12. The van der Waals surface area contributed by atoms with Gasteiger partial charge >= 0.3 is 0 Å². The first-order chi connectivity index (χ1) is 29.1. The minimum atomic E-state index is -5.40. The van der Waals surface area contributed by atoms with Gasteiger partial charge in [0.25, 0.3) is 0 Å². The molecule has 0 saturated heterocycles. The van der Waals surface area contributed by atoms with Crippen molar-refractivity contribution in [3.05, 3.63) is 36.4 Å². The molecule has 0 N–H and O–H groups in total. The standard InChI is InChI=1S/C16H10O12S4.4C7H18P/c17-29(18,19)11-5-13(31(23,24)25)9-3-4-10-14(32(26,27)28)6-12(30(20,21)22)8-2-1-7(11)15(9)16(8)10;4*1-5-8(4,6-2)7-3/h1-6H,(H,17,18,19)(H,20,21,22)(H,23,24,25)(H,26,27,28);4*5-7H2,1-4H3/q;4*+1/p-4. The van der Waals surface area contributed by atoms with Crippen molar-refractivity contribution in [1.82, 2.24) is 0 Å². The molecule has 0 fully saturated rings. The Kier molecular flexibility index (Phi) is 25.5. The van der Waals surface area contributed by atoms with Crippen molar-refractivity contribution in [3.8, 4) is 0 Å². The molecule has 0 aromatic heterocycles. The fraction of sp³-hybridized carbons (Fsp3) is 0.636. The topological polar surface area (TPSA) is 229 Å². The fourth-order valence-electron chi connectivity index (χ4n) is 6.38. The molecule has 0 radical (unpaired) electrons. The third-order valence-corrected chi connectivity index (χ3v) is 35.8. The molecule has 0 aliphatic heterocycles. The van der Waals surface area contributed by atoms with Crippen LogP contribution in [0.2, 0.25) is 0 Å². The third-order valence-electron chi connectivity index (χ3n) is 14.0. The number of rotatable bonds is 16. The molecule has 0 spiro atoms. The van der Waals surface area contributed by atoms with E-state index in [1.807, 2.05) is 0 Å². The molecule has 4 aromatic carbocycles. The van der Waals surface area contributed by atoms with Crippen LogP contribution in [-0.4, -0.2) is 152 Å². The van der Waals surface area contributed by atoms with Crippen molar-refractivity contribution in [2.75, 3.05) is 101 Å². The number of benzene rings is 4. The van der Waals surface area contributed by atoms with Crippen molar-refractivity contribution >= 4 is 102 Å². The van der Waals surface area contributed by atoms with Crippen LogP contribution in [0.15, 0.2) is 56.0 Å². The highest BCUT2D eigenvalue weighted by atomic mass is 32.2. The van der Waals surface area contributed by atoms with Gasteiger partial charge in [-0.2, -0.15) is 0 Å². The van der Waals surface area contributed by atoms with Gasteiger partial charge in [-0.05, 0) is 106 Å². The monoisotopic (exact) mass is 1050 g/mol. The lowest BCUT2D eigenvalue weighted by atomic mass is 9.94. The molecule has 0 aliphatic rings. The van der Waals surface area contributed by atoms with Crippen LogP contribution < -0.4 is 0 Å². The van der Waals surface area contributed by atoms with Crippen molar-refractivity contribution in [1.29, 1.82) is 0 Å². The van der Waals surface area contributed by atoms with Crippen molar-refractivity contribution in [2.24, 2.45) is 0 Å². The molecular formula is C44H78O12P4S4. The van der Waals surface area contributed by atoms with E-state index < -0.39 is 121 Å². The summed E-state index contributed by atoms with van der Waals surface area (Å²) in [5.74, 6) is 0. The first kappa shape index (κ1) is 63.3. The Morgan fingerprint density at radius 2 is 0.438 bits per heavy atom. The van der Waals surface area contributed by atoms with Gasteiger partial charge in [-0.1, -0.05) is 24.3 Å². The lowest BCUT2D eigenvalue weighted by Crippen LogP contribution is -2.09. The second-order valence-electron chi connectivity index (χ2n) is 16.9. The summed E-state index contributed by atoms with van der Waals surface area (Å²) in [6.45, 7) is 37.7. The fourth-order valence-corrected chi connectivity index (χ4v) is 14.7. The summed E-state index contributed by atoms with van der Waals surface area (Å²) in [6.07, 6.45) is 17.2. The molecule has 0 aliphatic carbocycles. The van der Waals surface area contributed by atoms with Gasteiger partial charge in [0, 0.05) is 77.3 Å². The highest BCUT2D eigenvalue weighted by Gasteiger charge is 2.27. The predicted octanol–water partition coefficient (Wildman–Crippen LogP) is 11.0. The van der Waals surface area contributed by atoms with E-state index in [0.29, 0.717) is 12.1 Å². The van der Waals surface area contributed by atoms with Gasteiger partial charge in [-0.15, -0.1) is 0 Å². The lowest BCUT2D eigenvalue weighted by Gasteiger charge is -2.23. The normalized spacial score (nSPS) is 13.0. The summed E-state index contributed by atoms with van der Waals surface area (Å²) in [6, 6.07) is 4.27. The van der Waals surface area contributed by atoms with Crippen molar-refractivity contribution < 1.29 is 51.9 Å². The van der Waals surface area contributed by atoms with Crippen LogP contribution in [0.25, 0.3) is 32.3 Å². The second kappa shape index (κ2) is 25.8. The van der Waals surface area contributed by atoms with Crippen LogP contribution in [0.5, 0.6) is 0 Å². The van der Waals surface area contributed by atoms with E-state index >= 15 is 0 Å². The zero-order valence-corrected chi connectivity index (χ0v) is 48.1. The van der Waals surface area contributed by atoms with Gasteiger partial charge in [0.1, 0.15) is 40.5 Å². The van der Waals surface area contributed by atoms with Crippen LogP contribution in [0, 0.1) is 0 Å². The Labute approximate surface area is 391 Å². The SMILES string of the molecule is CC[P+](C)(CC)CC.CC[P+](C)(CC)CC.CC[P+](C)(CC)CC.CC[P+](C)(CC)CC.O=S(=O)([O-])c1cc(S(=O)(=O)[O-])c2ccc3c(S(=O)(=O)[O-])cc(S(=O)(=O)[O-])c4ccc1c2c43. The highest BCUT2D eigenvalue weighted by Crippen LogP contribution is 2.55. The van der Waals surface area contributed by atoms with Gasteiger partial charge in [0.05, 0.1) is 93.5 Å². The van der Waals surface area contributed by atoms with E-state index in [9.17, 15) is 51.9 Å². The Morgan fingerprint density at radius 1 is 0.312 bits per heavy atom. The average molecular weight is 1050 g/mol. The molecule has 64 heavy (non-hydrogen) atoms. The molecule has 4 rings (SSSR count). The van der Waals surface area contributed by atoms with E-state index in [4.69, 9.17) is 0 Å². The largest absolute Gasteiger partial charge is 0.744 e. The molecule has 0 bridgehead atoms. The molecule has 4 aromatic rings. The minimum absolute atomic E-state index is 0.336. The maximum absolute atomic E-state index is 11.8. The second-order valence-corrected chi connectivity index (χ2v) is 42.8. The smallest absolute Gasteiger partial charge is 0.125 e. The van der Waals surface area contributed by atoms with E-state index in [1.54, 1.807) is 0 Å². The van der Waals surface area contributed by atoms with Crippen molar-refractivity contribution in [3.63, 3.8) is 0 Å². The highest BCUT2D eigenvalue weighted by molar-refractivity contribution is 7.87. The maximum atomic E-state index is 11.8. The molecule has 20 heteroatoms. The van der Waals surface area contributed by atoms with Crippen molar-refractivity contribution in [2.45, 2.75) is 103 Å². The van der Waals surface area contributed by atoms with Gasteiger partial charge < -0.3 is 18.2 Å². The van der Waals surface area contributed by atoms with Gasteiger partial charge in [0.15, 0.2) is 0 Å². The van der Waals surface area contributed by atoms with Crippen LogP contribution >= 0.6 is 29.0 Å². The summed E-state index contributed by atoms with van der Waals surface area (Å²) in [5, 5.41) is -2.90. The quantitative estimate of drug-likeness (QED) is 0.0580. The van der Waals surface area contributed by atoms with Gasteiger partial charge in [-0.25, -0.2) is 33.7 Å². The van der Waals surface area contributed by atoms with E-state index in [2.05, 4.69) is 110 Å². The van der Waals surface area contributed by atoms with E-state index in [-0.39, 0.29) is 0 Å². The van der Waals surface area contributed by atoms with E-state index in [1.165, 1.54) is 73.9 Å². The van der Waals surface area contributed by atoms with Gasteiger partial charge in [0.2, 0.25) is 0 Å². The molecule has 0 heterocycles. The molecule has 12 nitrogen and oxygen atoms in total. The molecule has 0 unspecified atom stereocenters. The first-order valence-corrected chi connectivity index (χ1v) is 38.9. The average Bonchev–Trinajstić information content (AvgIpc) is 3.25.